The van der Waals surface area contributed by atoms with Crippen LogP contribution in [0.25, 0.3) is 0 Å². The molecule has 0 saturated carbocycles. The summed E-state index contributed by atoms with van der Waals surface area (Å²) in [6, 6.07) is 18.8. The van der Waals surface area contributed by atoms with E-state index in [1.807, 2.05) is 24.3 Å². The van der Waals surface area contributed by atoms with Crippen molar-refractivity contribution >= 4 is 23.5 Å². The van der Waals surface area contributed by atoms with Gasteiger partial charge in [0.15, 0.2) is 6.17 Å². The summed E-state index contributed by atoms with van der Waals surface area (Å²) in [6.45, 7) is 0.807. The fourth-order valence-electron chi connectivity index (χ4n) is 4.14. The molecule has 1 aliphatic heterocycles. The van der Waals surface area contributed by atoms with Crippen molar-refractivity contribution in [1.82, 2.24) is 15.1 Å². The standard InChI is InChI=1S/C27H28FN5O4/c1-37-23-10-8-20(9-11-23)26(35)32-12-13-33(27(36)31-22-7-3-6-21(28)15-22)25(32)24(34)30-17-19-5-2-4-18(14-19)16-29/h2-11,14-15,25H,12-13,16-17,29H2,1H3,(H,30,34)(H,31,36). The minimum Gasteiger partial charge on any atom is -0.497 e. The molecule has 4 N–H and O–H groups in total. The zero-order valence-electron chi connectivity index (χ0n) is 20.3. The lowest BCUT2D eigenvalue weighted by Crippen LogP contribution is -2.54. The highest BCUT2D eigenvalue weighted by Crippen LogP contribution is 2.22. The number of hydrogen-bond acceptors (Lipinski definition) is 5. The van der Waals surface area contributed by atoms with Crippen molar-refractivity contribution < 1.29 is 23.5 Å². The van der Waals surface area contributed by atoms with Crippen LogP contribution < -0.4 is 21.1 Å². The van der Waals surface area contributed by atoms with Crippen molar-refractivity contribution in [3.05, 3.63) is 95.3 Å². The number of halogens is 1. The fraction of sp³-hybridized carbons (Fsp3) is 0.222. The van der Waals surface area contributed by atoms with E-state index in [9.17, 15) is 18.8 Å². The van der Waals surface area contributed by atoms with E-state index in [2.05, 4.69) is 10.6 Å². The Morgan fingerprint density at radius 1 is 0.973 bits per heavy atom. The summed E-state index contributed by atoms with van der Waals surface area (Å²) < 4.78 is 18.8. The van der Waals surface area contributed by atoms with Gasteiger partial charge in [0.1, 0.15) is 11.6 Å². The largest absolute Gasteiger partial charge is 0.497 e. The summed E-state index contributed by atoms with van der Waals surface area (Å²) in [5, 5.41) is 5.44. The molecule has 1 aliphatic rings. The van der Waals surface area contributed by atoms with E-state index in [0.717, 1.165) is 11.1 Å². The van der Waals surface area contributed by atoms with Crippen LogP contribution in [0.3, 0.4) is 0 Å². The first-order valence-electron chi connectivity index (χ1n) is 11.7. The third-order valence-electron chi connectivity index (χ3n) is 6.04. The number of carbonyl (C=O) groups excluding carboxylic acids is 3. The van der Waals surface area contributed by atoms with E-state index < -0.39 is 29.8 Å². The smallest absolute Gasteiger partial charge is 0.323 e. The van der Waals surface area contributed by atoms with Crippen LogP contribution in [0.2, 0.25) is 0 Å². The summed E-state index contributed by atoms with van der Waals surface area (Å²) in [7, 11) is 1.52. The van der Waals surface area contributed by atoms with Gasteiger partial charge in [-0.15, -0.1) is 0 Å². The molecule has 37 heavy (non-hydrogen) atoms. The van der Waals surface area contributed by atoms with E-state index in [1.54, 1.807) is 24.3 Å². The van der Waals surface area contributed by atoms with Gasteiger partial charge >= 0.3 is 6.03 Å². The first-order chi connectivity index (χ1) is 17.9. The minimum atomic E-state index is -1.21. The quantitative estimate of drug-likeness (QED) is 0.457. The molecule has 1 saturated heterocycles. The number of nitrogens with two attached hydrogens (primary N) is 1. The Hall–Kier alpha value is -4.44. The molecule has 3 aromatic carbocycles. The number of methoxy groups -OCH3 is 1. The van der Waals surface area contributed by atoms with Crippen molar-refractivity contribution in [3.8, 4) is 5.75 Å². The number of benzene rings is 3. The number of nitrogens with zero attached hydrogens (tertiary/aromatic N) is 2. The summed E-state index contributed by atoms with van der Waals surface area (Å²) >= 11 is 0. The summed E-state index contributed by atoms with van der Waals surface area (Å²) in [6.07, 6.45) is -1.21. The van der Waals surface area contributed by atoms with Crippen LogP contribution in [0.4, 0.5) is 14.9 Å². The van der Waals surface area contributed by atoms with Gasteiger partial charge < -0.3 is 26.0 Å². The molecule has 0 aromatic heterocycles. The Bertz CT molecular complexity index is 1280. The average molecular weight is 506 g/mol. The third-order valence-corrected chi connectivity index (χ3v) is 6.04. The second kappa shape index (κ2) is 11.5. The van der Waals surface area contributed by atoms with Crippen LogP contribution in [0.5, 0.6) is 5.75 Å². The Morgan fingerprint density at radius 2 is 1.68 bits per heavy atom. The summed E-state index contributed by atoms with van der Waals surface area (Å²) in [5.41, 5.74) is 8.04. The molecule has 0 spiro atoms. The molecule has 1 unspecified atom stereocenters. The van der Waals surface area contributed by atoms with Gasteiger partial charge in [0, 0.05) is 37.4 Å². The number of nitrogens with one attached hydrogen (secondary N) is 2. The molecular formula is C27H28FN5O4. The van der Waals surface area contributed by atoms with Crippen LogP contribution in [0, 0.1) is 5.82 Å². The second-order valence-electron chi connectivity index (χ2n) is 8.48. The lowest BCUT2D eigenvalue weighted by molar-refractivity contribution is -0.128. The monoisotopic (exact) mass is 505 g/mol. The van der Waals surface area contributed by atoms with Crippen molar-refractivity contribution in [1.29, 1.82) is 0 Å². The number of amides is 4. The zero-order chi connectivity index (χ0) is 26.4. The molecule has 192 valence electrons. The van der Waals surface area contributed by atoms with Gasteiger partial charge in [0.25, 0.3) is 11.8 Å². The number of carbonyl (C=O) groups is 3. The van der Waals surface area contributed by atoms with Crippen molar-refractivity contribution in [2.75, 3.05) is 25.5 Å². The number of rotatable bonds is 7. The Balaban J connectivity index is 1.56. The van der Waals surface area contributed by atoms with Crippen LogP contribution >= 0.6 is 0 Å². The topological polar surface area (TPSA) is 117 Å². The first-order valence-corrected chi connectivity index (χ1v) is 11.7. The number of anilines is 1. The molecule has 10 heteroatoms. The van der Waals surface area contributed by atoms with Gasteiger partial charge in [0.05, 0.1) is 7.11 Å². The van der Waals surface area contributed by atoms with Crippen molar-refractivity contribution in [2.45, 2.75) is 19.3 Å². The van der Waals surface area contributed by atoms with E-state index in [0.29, 0.717) is 17.9 Å². The van der Waals surface area contributed by atoms with Gasteiger partial charge in [-0.25, -0.2) is 9.18 Å². The van der Waals surface area contributed by atoms with E-state index >= 15 is 0 Å². The third kappa shape index (κ3) is 6.04. The van der Waals surface area contributed by atoms with Gasteiger partial charge in [-0.05, 0) is 53.6 Å². The van der Waals surface area contributed by atoms with E-state index in [-0.39, 0.29) is 25.3 Å². The molecule has 4 rings (SSSR count). The molecule has 0 radical (unpaired) electrons. The van der Waals surface area contributed by atoms with Crippen LogP contribution in [0.1, 0.15) is 21.5 Å². The summed E-state index contributed by atoms with van der Waals surface area (Å²) in [5.74, 6) is -0.853. The predicted octanol–water partition coefficient (Wildman–Crippen LogP) is 2.93. The normalized spacial score (nSPS) is 14.8. The zero-order valence-corrected chi connectivity index (χ0v) is 20.3. The van der Waals surface area contributed by atoms with Crippen molar-refractivity contribution in [3.63, 3.8) is 0 Å². The van der Waals surface area contributed by atoms with Crippen LogP contribution in [-0.2, 0) is 17.9 Å². The van der Waals surface area contributed by atoms with Crippen molar-refractivity contribution in [2.24, 2.45) is 5.73 Å². The SMILES string of the molecule is COc1ccc(C(=O)N2CCN(C(=O)Nc3cccc(F)c3)C2C(=O)NCc2cccc(CN)c2)cc1. The maximum absolute atomic E-state index is 13.6. The highest BCUT2D eigenvalue weighted by Gasteiger charge is 2.43. The molecular weight excluding hydrogens is 477 g/mol. The Labute approximate surface area is 214 Å². The second-order valence-corrected chi connectivity index (χ2v) is 8.48. The lowest BCUT2D eigenvalue weighted by atomic mass is 10.1. The number of urea groups is 1. The molecule has 3 aromatic rings. The maximum Gasteiger partial charge on any atom is 0.323 e. The van der Waals surface area contributed by atoms with Gasteiger partial charge in [-0.3, -0.25) is 14.5 Å². The van der Waals surface area contributed by atoms with E-state index in [1.165, 1.54) is 41.2 Å². The molecule has 0 aliphatic carbocycles. The molecule has 1 fully saturated rings. The summed E-state index contributed by atoms with van der Waals surface area (Å²) in [4.78, 5) is 42.5. The lowest BCUT2D eigenvalue weighted by Gasteiger charge is -2.29. The van der Waals surface area contributed by atoms with Crippen LogP contribution in [-0.4, -0.2) is 54.0 Å². The Kier molecular flexibility index (Phi) is 7.99. The highest BCUT2D eigenvalue weighted by atomic mass is 19.1. The van der Waals surface area contributed by atoms with Crippen LogP contribution in [0.15, 0.2) is 72.8 Å². The Morgan fingerprint density at radius 3 is 2.38 bits per heavy atom. The minimum absolute atomic E-state index is 0.115. The number of ether oxygens (including phenoxy) is 1. The fourth-order valence-corrected chi connectivity index (χ4v) is 4.14. The molecule has 0 bridgehead atoms. The first kappa shape index (κ1) is 25.6. The number of hydrogen-bond donors (Lipinski definition) is 3. The highest BCUT2D eigenvalue weighted by molar-refractivity contribution is 6.00. The van der Waals surface area contributed by atoms with Gasteiger partial charge in [0.2, 0.25) is 0 Å². The maximum atomic E-state index is 13.6. The molecule has 4 amide bonds. The molecule has 1 heterocycles. The van der Waals surface area contributed by atoms with E-state index in [4.69, 9.17) is 10.5 Å². The molecule has 9 nitrogen and oxygen atoms in total. The van der Waals surface area contributed by atoms with Gasteiger partial charge in [-0.1, -0.05) is 30.3 Å². The predicted molar refractivity (Wildman–Crippen MR) is 136 cm³/mol. The van der Waals surface area contributed by atoms with Gasteiger partial charge in [-0.2, -0.15) is 0 Å². The average Bonchev–Trinajstić information content (AvgIpc) is 3.37. The molecule has 1 atom stereocenters.